The molecule has 0 spiro atoms. The zero-order valence-electron chi connectivity index (χ0n) is 9.49. The van der Waals surface area contributed by atoms with Gasteiger partial charge in [0.1, 0.15) is 0 Å². The van der Waals surface area contributed by atoms with E-state index in [0.717, 1.165) is 13.1 Å². The molecule has 0 amide bonds. The molecule has 1 heterocycles. The van der Waals surface area contributed by atoms with E-state index >= 15 is 0 Å². The first-order chi connectivity index (χ1) is 8.22. The number of halogens is 2. The molecule has 1 aliphatic heterocycles. The van der Waals surface area contributed by atoms with Crippen LogP contribution in [0.4, 0.5) is 5.69 Å². The Hall–Kier alpha value is -0.401. The molecule has 17 heavy (non-hydrogen) atoms. The van der Waals surface area contributed by atoms with Crippen molar-refractivity contribution in [1.29, 1.82) is 0 Å². The standard InChI is InChI=1S/C13H13Cl2NSe/c1-10-2-4-11(5-3-10)16-8-12(6-14)17-13(7-15)9-16/h2-7H,8-9H2,1H3/b12-6+,13-7+. The molecule has 90 valence electrons. The molecule has 0 aliphatic carbocycles. The Morgan fingerprint density at radius 3 is 2.06 bits per heavy atom. The first kappa shape index (κ1) is 13.0. The molecule has 0 bridgehead atoms. The maximum atomic E-state index is 5.84. The minimum atomic E-state index is 0.310. The van der Waals surface area contributed by atoms with Gasteiger partial charge in [-0.05, 0) is 0 Å². The van der Waals surface area contributed by atoms with Crippen LogP contribution >= 0.6 is 23.2 Å². The quantitative estimate of drug-likeness (QED) is 0.709. The fraction of sp³-hybridized carbons (Fsp3) is 0.231. The predicted octanol–water partition coefficient (Wildman–Crippen LogP) is 3.68. The van der Waals surface area contributed by atoms with E-state index in [1.54, 1.807) is 11.1 Å². The van der Waals surface area contributed by atoms with Gasteiger partial charge in [-0.2, -0.15) is 0 Å². The summed E-state index contributed by atoms with van der Waals surface area (Å²) in [6.45, 7) is 3.90. The maximum absolute atomic E-state index is 5.84. The Balaban J connectivity index is 2.23. The fourth-order valence-electron chi connectivity index (χ4n) is 1.72. The van der Waals surface area contributed by atoms with Crippen molar-refractivity contribution in [1.82, 2.24) is 0 Å². The van der Waals surface area contributed by atoms with Gasteiger partial charge in [0.25, 0.3) is 0 Å². The molecule has 1 nitrogen and oxygen atoms in total. The summed E-state index contributed by atoms with van der Waals surface area (Å²) >= 11 is 12.0. The van der Waals surface area contributed by atoms with Gasteiger partial charge in [-0.25, -0.2) is 0 Å². The van der Waals surface area contributed by atoms with Gasteiger partial charge in [-0.3, -0.25) is 0 Å². The van der Waals surface area contributed by atoms with Crippen molar-refractivity contribution in [3.05, 3.63) is 49.8 Å². The molecule has 1 saturated heterocycles. The monoisotopic (exact) mass is 333 g/mol. The molecule has 0 saturated carbocycles. The zero-order valence-corrected chi connectivity index (χ0v) is 12.7. The van der Waals surface area contributed by atoms with Crippen LogP contribution in [-0.2, 0) is 0 Å². The van der Waals surface area contributed by atoms with Crippen molar-refractivity contribution >= 4 is 43.8 Å². The average Bonchev–Trinajstić information content (AvgIpc) is 2.39. The Labute approximate surface area is 118 Å². The van der Waals surface area contributed by atoms with Gasteiger partial charge in [0, 0.05) is 0 Å². The Bertz CT molecular complexity index is 431. The summed E-state index contributed by atoms with van der Waals surface area (Å²) in [5.74, 6) is 0. The van der Waals surface area contributed by atoms with Crippen molar-refractivity contribution in [3.8, 4) is 0 Å². The average molecular weight is 333 g/mol. The Morgan fingerprint density at radius 2 is 1.59 bits per heavy atom. The second kappa shape index (κ2) is 5.97. The van der Waals surface area contributed by atoms with Crippen LogP contribution in [-0.4, -0.2) is 28.0 Å². The van der Waals surface area contributed by atoms with Gasteiger partial charge in [0.15, 0.2) is 0 Å². The van der Waals surface area contributed by atoms with E-state index in [2.05, 4.69) is 36.1 Å². The predicted molar refractivity (Wildman–Crippen MR) is 77.0 cm³/mol. The van der Waals surface area contributed by atoms with Crippen LogP contribution in [0.2, 0.25) is 0 Å². The van der Waals surface area contributed by atoms with E-state index in [9.17, 15) is 0 Å². The van der Waals surface area contributed by atoms with Crippen molar-refractivity contribution in [2.75, 3.05) is 18.0 Å². The molecular formula is C13H13Cl2NSe. The molecule has 0 radical (unpaired) electrons. The summed E-state index contributed by atoms with van der Waals surface area (Å²) in [6.07, 6.45) is 0. The number of hydrogen-bond donors (Lipinski definition) is 0. The summed E-state index contributed by atoms with van der Waals surface area (Å²) in [7, 11) is 0. The van der Waals surface area contributed by atoms with Crippen LogP contribution in [0.3, 0.4) is 0 Å². The number of nitrogens with zero attached hydrogens (tertiary/aromatic N) is 1. The molecule has 2 rings (SSSR count). The molecule has 0 atom stereocenters. The number of anilines is 1. The molecule has 0 unspecified atom stereocenters. The van der Waals surface area contributed by atoms with Gasteiger partial charge in [0.05, 0.1) is 0 Å². The van der Waals surface area contributed by atoms with Crippen molar-refractivity contribution in [3.63, 3.8) is 0 Å². The van der Waals surface area contributed by atoms with Crippen LogP contribution in [0.25, 0.3) is 0 Å². The molecule has 0 aromatic heterocycles. The van der Waals surface area contributed by atoms with Crippen LogP contribution in [0, 0.1) is 6.92 Å². The number of rotatable bonds is 1. The Kier molecular flexibility index (Phi) is 4.58. The van der Waals surface area contributed by atoms with Gasteiger partial charge in [0.2, 0.25) is 0 Å². The molecule has 0 N–H and O–H groups in total. The van der Waals surface area contributed by atoms with E-state index in [1.165, 1.54) is 20.2 Å². The van der Waals surface area contributed by atoms with Crippen molar-refractivity contribution in [2.45, 2.75) is 6.92 Å². The summed E-state index contributed by atoms with van der Waals surface area (Å²) in [6, 6.07) is 8.54. The van der Waals surface area contributed by atoms with Gasteiger partial charge < -0.3 is 0 Å². The normalized spacial score (nSPS) is 21.2. The molecular weight excluding hydrogens is 320 g/mol. The van der Waals surface area contributed by atoms with E-state index in [0.29, 0.717) is 15.0 Å². The van der Waals surface area contributed by atoms with Crippen LogP contribution in [0.1, 0.15) is 5.56 Å². The summed E-state index contributed by atoms with van der Waals surface area (Å²) in [5, 5.41) is 0. The van der Waals surface area contributed by atoms with Crippen LogP contribution < -0.4 is 4.90 Å². The summed E-state index contributed by atoms with van der Waals surface area (Å²) in [4.78, 5) is 2.30. The fourth-order valence-corrected chi connectivity index (χ4v) is 4.14. The number of hydrogen-bond acceptors (Lipinski definition) is 1. The van der Waals surface area contributed by atoms with E-state index in [4.69, 9.17) is 23.2 Å². The molecule has 1 aliphatic rings. The molecule has 1 aromatic carbocycles. The van der Waals surface area contributed by atoms with Crippen LogP contribution in [0.15, 0.2) is 44.3 Å². The first-order valence-corrected chi connectivity index (χ1v) is 7.89. The second-order valence-electron chi connectivity index (χ2n) is 3.94. The molecule has 1 aromatic rings. The van der Waals surface area contributed by atoms with Gasteiger partial charge in [-0.1, -0.05) is 0 Å². The first-order valence-electron chi connectivity index (χ1n) is 5.31. The van der Waals surface area contributed by atoms with Gasteiger partial charge in [-0.15, -0.1) is 0 Å². The molecule has 4 heteroatoms. The zero-order chi connectivity index (χ0) is 12.3. The third-order valence-corrected chi connectivity index (χ3v) is 5.85. The SMILES string of the molecule is Cc1ccc(N2C/C(=C\Cl)[Se]/C(=C/Cl)C2)cc1. The van der Waals surface area contributed by atoms with Crippen molar-refractivity contribution < 1.29 is 0 Å². The third kappa shape index (κ3) is 3.29. The van der Waals surface area contributed by atoms with E-state index in [-0.39, 0.29) is 0 Å². The number of benzene rings is 1. The third-order valence-electron chi connectivity index (χ3n) is 2.60. The Morgan fingerprint density at radius 1 is 1.06 bits per heavy atom. The van der Waals surface area contributed by atoms with Crippen molar-refractivity contribution in [2.24, 2.45) is 0 Å². The van der Waals surface area contributed by atoms with E-state index < -0.39 is 0 Å². The summed E-state index contributed by atoms with van der Waals surface area (Å²) < 4.78 is 2.52. The van der Waals surface area contributed by atoms with Crippen LogP contribution in [0.5, 0.6) is 0 Å². The van der Waals surface area contributed by atoms with Gasteiger partial charge >= 0.3 is 119 Å². The second-order valence-corrected chi connectivity index (χ2v) is 7.01. The minimum absolute atomic E-state index is 0.310. The number of aryl methyl sites for hydroxylation is 1. The molecule has 1 fully saturated rings. The van der Waals surface area contributed by atoms with E-state index in [1.807, 2.05) is 0 Å². The summed E-state index contributed by atoms with van der Waals surface area (Å²) in [5.41, 5.74) is 5.89. The topological polar surface area (TPSA) is 3.24 Å².